The Morgan fingerprint density at radius 3 is 2.69 bits per heavy atom. The first-order valence-corrected chi connectivity index (χ1v) is 4.15. The normalized spacial score (nSPS) is 20.2. The van der Waals surface area contributed by atoms with E-state index >= 15 is 0 Å². The van der Waals surface area contributed by atoms with Gasteiger partial charge in [0.05, 0.1) is 6.04 Å². The smallest absolute Gasteiger partial charge is 0.0721 e. The van der Waals surface area contributed by atoms with E-state index in [1.165, 1.54) is 5.56 Å². The van der Waals surface area contributed by atoms with Crippen molar-refractivity contribution in [3.05, 3.63) is 48.2 Å². The highest BCUT2D eigenvalue weighted by Gasteiger charge is 2.14. The van der Waals surface area contributed by atoms with Gasteiger partial charge in [-0.05, 0) is 11.6 Å². The van der Waals surface area contributed by atoms with Gasteiger partial charge in [0.15, 0.2) is 0 Å². The van der Waals surface area contributed by atoms with Crippen molar-refractivity contribution in [1.82, 2.24) is 10.4 Å². The van der Waals surface area contributed by atoms with E-state index in [0.717, 1.165) is 0 Å². The minimum Gasteiger partial charge on any atom is -0.241 e. The number of benzene rings is 1. The number of hydrogen-bond donors (Lipinski definition) is 1. The molecule has 1 heterocycles. The van der Waals surface area contributed by atoms with Crippen molar-refractivity contribution in [2.75, 3.05) is 0 Å². The van der Waals surface area contributed by atoms with E-state index in [2.05, 4.69) is 23.6 Å². The fourth-order valence-electron chi connectivity index (χ4n) is 1.33. The van der Waals surface area contributed by atoms with E-state index in [1.807, 2.05) is 30.5 Å². The summed E-state index contributed by atoms with van der Waals surface area (Å²) in [7, 11) is 0. The molecule has 0 aromatic heterocycles. The molecule has 0 bridgehead atoms. The fourth-order valence-corrected chi connectivity index (χ4v) is 1.33. The highest BCUT2D eigenvalue weighted by atomic mass is 15.5. The minimum atomic E-state index is 0.206. The Hall–Kier alpha value is -1.72. The molecule has 0 fully saturated rings. The van der Waals surface area contributed by atoms with Gasteiger partial charge in [-0.3, -0.25) is 0 Å². The maximum absolute atomic E-state index is 5.24. The standard InChI is InChI=1S/C11H10N2/c1-2-13-9-8-11(12-13)10-6-4-3-5-7-10/h1,3-9,11-12H. The van der Waals surface area contributed by atoms with Crippen LogP contribution in [0.4, 0.5) is 0 Å². The predicted octanol–water partition coefficient (Wildman–Crippen LogP) is 1.65. The van der Waals surface area contributed by atoms with Crippen LogP contribution >= 0.6 is 0 Å². The molecule has 0 saturated heterocycles. The maximum atomic E-state index is 5.24. The third kappa shape index (κ3) is 1.56. The number of terminal acetylenes is 1. The lowest BCUT2D eigenvalue weighted by molar-refractivity contribution is 0.391. The van der Waals surface area contributed by atoms with Crippen LogP contribution in [-0.2, 0) is 0 Å². The molecule has 0 saturated carbocycles. The summed E-state index contributed by atoms with van der Waals surface area (Å²) in [6, 6.07) is 12.9. The summed E-state index contributed by atoms with van der Waals surface area (Å²) in [6.07, 6.45) is 9.13. The van der Waals surface area contributed by atoms with Crippen molar-refractivity contribution in [3.63, 3.8) is 0 Å². The second-order valence-electron chi connectivity index (χ2n) is 2.86. The van der Waals surface area contributed by atoms with Gasteiger partial charge in [0.2, 0.25) is 0 Å². The lowest BCUT2D eigenvalue weighted by atomic mass is 10.1. The average Bonchev–Trinajstić information content (AvgIpc) is 2.67. The number of nitrogens with one attached hydrogen (secondary N) is 1. The summed E-state index contributed by atoms with van der Waals surface area (Å²) in [5.41, 5.74) is 4.36. The summed E-state index contributed by atoms with van der Waals surface area (Å²) >= 11 is 0. The third-order valence-electron chi connectivity index (χ3n) is 2.00. The molecule has 1 N–H and O–H groups in total. The number of nitrogens with zero attached hydrogens (tertiary/aromatic N) is 1. The van der Waals surface area contributed by atoms with Crippen LogP contribution in [0.1, 0.15) is 11.6 Å². The van der Waals surface area contributed by atoms with Crippen molar-refractivity contribution in [2.45, 2.75) is 6.04 Å². The van der Waals surface area contributed by atoms with Gasteiger partial charge in [-0.15, -0.1) is 0 Å². The molecule has 0 radical (unpaired) electrons. The Kier molecular flexibility index (Phi) is 2.03. The van der Waals surface area contributed by atoms with Crippen LogP contribution < -0.4 is 5.43 Å². The summed E-state index contributed by atoms with van der Waals surface area (Å²) in [4.78, 5) is 0. The van der Waals surface area contributed by atoms with E-state index in [1.54, 1.807) is 5.01 Å². The highest BCUT2D eigenvalue weighted by molar-refractivity contribution is 5.25. The second kappa shape index (κ2) is 3.34. The van der Waals surface area contributed by atoms with E-state index in [0.29, 0.717) is 0 Å². The fraction of sp³-hybridized carbons (Fsp3) is 0.0909. The van der Waals surface area contributed by atoms with Crippen LogP contribution in [0.25, 0.3) is 0 Å². The van der Waals surface area contributed by atoms with E-state index in [-0.39, 0.29) is 6.04 Å². The van der Waals surface area contributed by atoms with Gasteiger partial charge in [0, 0.05) is 12.2 Å². The van der Waals surface area contributed by atoms with Gasteiger partial charge in [-0.2, -0.15) is 0 Å². The summed E-state index contributed by atoms with van der Waals surface area (Å²) in [5.74, 6) is 0. The van der Waals surface area contributed by atoms with Crippen LogP contribution in [0.3, 0.4) is 0 Å². The van der Waals surface area contributed by atoms with Crippen LogP contribution in [0.2, 0.25) is 0 Å². The minimum absolute atomic E-state index is 0.206. The molecular weight excluding hydrogens is 160 g/mol. The Bertz CT molecular complexity index is 348. The van der Waals surface area contributed by atoms with E-state index in [9.17, 15) is 0 Å². The molecule has 64 valence electrons. The van der Waals surface area contributed by atoms with Gasteiger partial charge >= 0.3 is 0 Å². The molecule has 13 heavy (non-hydrogen) atoms. The van der Waals surface area contributed by atoms with Gasteiger partial charge in [0.1, 0.15) is 0 Å². The monoisotopic (exact) mass is 170 g/mol. The largest absolute Gasteiger partial charge is 0.241 e. The van der Waals surface area contributed by atoms with Crippen LogP contribution in [0.5, 0.6) is 0 Å². The van der Waals surface area contributed by atoms with Gasteiger partial charge in [-0.1, -0.05) is 36.8 Å². The zero-order valence-corrected chi connectivity index (χ0v) is 7.14. The van der Waals surface area contributed by atoms with Crippen molar-refractivity contribution in [3.8, 4) is 12.5 Å². The van der Waals surface area contributed by atoms with Crippen molar-refractivity contribution in [1.29, 1.82) is 0 Å². The lowest BCUT2D eigenvalue weighted by Crippen LogP contribution is -2.26. The zero-order chi connectivity index (χ0) is 9.10. The zero-order valence-electron chi connectivity index (χ0n) is 7.14. The van der Waals surface area contributed by atoms with Crippen LogP contribution in [0, 0.1) is 12.5 Å². The molecule has 1 aliphatic heterocycles. The average molecular weight is 170 g/mol. The number of rotatable bonds is 1. The quantitative estimate of drug-likeness (QED) is 0.645. The molecule has 2 heteroatoms. The maximum Gasteiger partial charge on any atom is 0.0721 e. The second-order valence-corrected chi connectivity index (χ2v) is 2.86. The van der Waals surface area contributed by atoms with Crippen LogP contribution in [-0.4, -0.2) is 5.01 Å². The first kappa shape index (κ1) is 7.90. The van der Waals surface area contributed by atoms with Crippen molar-refractivity contribution in [2.24, 2.45) is 0 Å². The molecule has 1 aromatic carbocycles. The Morgan fingerprint density at radius 1 is 1.31 bits per heavy atom. The molecular formula is C11H10N2. The number of hydrogen-bond acceptors (Lipinski definition) is 2. The summed E-state index contributed by atoms with van der Waals surface area (Å²) in [6.45, 7) is 0. The Labute approximate surface area is 77.8 Å². The summed E-state index contributed by atoms with van der Waals surface area (Å²) in [5, 5.41) is 1.62. The highest BCUT2D eigenvalue weighted by Crippen LogP contribution is 2.18. The van der Waals surface area contributed by atoms with Gasteiger partial charge in [-0.25, -0.2) is 10.4 Å². The molecule has 1 aromatic rings. The van der Waals surface area contributed by atoms with Gasteiger partial charge < -0.3 is 0 Å². The summed E-state index contributed by atoms with van der Waals surface area (Å²) < 4.78 is 0. The Morgan fingerprint density at radius 2 is 2.08 bits per heavy atom. The Balaban J connectivity index is 2.15. The molecule has 0 aliphatic carbocycles. The lowest BCUT2D eigenvalue weighted by Gasteiger charge is -2.13. The molecule has 2 rings (SSSR count). The van der Waals surface area contributed by atoms with E-state index in [4.69, 9.17) is 6.42 Å². The van der Waals surface area contributed by atoms with Crippen LogP contribution in [0.15, 0.2) is 42.6 Å². The molecule has 1 atom stereocenters. The first-order chi connectivity index (χ1) is 6.40. The molecule has 0 spiro atoms. The molecule has 0 amide bonds. The topological polar surface area (TPSA) is 15.3 Å². The van der Waals surface area contributed by atoms with Crippen molar-refractivity contribution >= 4 is 0 Å². The van der Waals surface area contributed by atoms with E-state index < -0.39 is 0 Å². The van der Waals surface area contributed by atoms with Crippen molar-refractivity contribution < 1.29 is 0 Å². The predicted molar refractivity (Wildman–Crippen MR) is 52.1 cm³/mol. The first-order valence-electron chi connectivity index (χ1n) is 4.15. The number of hydrazine groups is 1. The third-order valence-corrected chi connectivity index (χ3v) is 2.00. The molecule has 2 nitrogen and oxygen atoms in total. The molecule has 1 aliphatic rings. The SMILES string of the molecule is C#CN1C=CC(c2ccccc2)N1. The molecule has 1 unspecified atom stereocenters. The van der Waals surface area contributed by atoms with Gasteiger partial charge in [0.25, 0.3) is 0 Å².